The molecule has 4 atom stereocenters. The lowest BCUT2D eigenvalue weighted by Gasteiger charge is -2.51. The molecule has 3 aliphatic rings. The van der Waals surface area contributed by atoms with E-state index in [2.05, 4.69) is 5.32 Å². The smallest absolute Gasteiger partial charge is 0.309 e. The zero-order valence-corrected chi connectivity index (χ0v) is 9.82. The summed E-state index contributed by atoms with van der Waals surface area (Å²) in [5.74, 6) is -0.125. The van der Waals surface area contributed by atoms with Gasteiger partial charge in [-0.15, -0.1) is 0 Å². The Morgan fingerprint density at radius 1 is 1.38 bits per heavy atom. The highest BCUT2D eigenvalue weighted by atomic mass is 16.4. The number of hydrogen-bond acceptors (Lipinski definition) is 2. The maximum absolute atomic E-state index is 11.3. The van der Waals surface area contributed by atoms with Gasteiger partial charge in [0, 0.05) is 13.0 Å². The standard InChI is InChI=1S/C12H19NO3/c1-7(14)13-10-5-9-4-3-8(10)6-12(9,2)11(15)16/h8-10H,3-6H2,1-2H3,(H,13,14)(H,15,16). The van der Waals surface area contributed by atoms with E-state index < -0.39 is 11.4 Å². The van der Waals surface area contributed by atoms with Gasteiger partial charge in [-0.05, 0) is 44.4 Å². The number of rotatable bonds is 2. The number of carbonyl (C=O) groups excluding carboxylic acids is 1. The Morgan fingerprint density at radius 2 is 2.06 bits per heavy atom. The van der Waals surface area contributed by atoms with E-state index in [9.17, 15) is 14.7 Å². The van der Waals surface area contributed by atoms with Crippen molar-refractivity contribution in [3.8, 4) is 0 Å². The molecular formula is C12H19NO3. The van der Waals surface area contributed by atoms with Crippen molar-refractivity contribution in [2.24, 2.45) is 17.3 Å². The van der Waals surface area contributed by atoms with Crippen LogP contribution in [-0.4, -0.2) is 23.0 Å². The maximum Gasteiger partial charge on any atom is 0.309 e. The number of amides is 1. The molecule has 0 aromatic carbocycles. The average molecular weight is 225 g/mol. The van der Waals surface area contributed by atoms with Crippen molar-refractivity contribution in [3.05, 3.63) is 0 Å². The van der Waals surface area contributed by atoms with Crippen molar-refractivity contribution >= 4 is 11.9 Å². The molecule has 3 rings (SSSR count). The Hall–Kier alpha value is -1.06. The Morgan fingerprint density at radius 3 is 2.50 bits per heavy atom. The van der Waals surface area contributed by atoms with Gasteiger partial charge >= 0.3 is 5.97 Å². The van der Waals surface area contributed by atoms with E-state index >= 15 is 0 Å². The Kier molecular flexibility index (Phi) is 2.68. The average Bonchev–Trinajstić information content (AvgIpc) is 2.18. The Bertz CT molecular complexity index is 328. The largest absolute Gasteiger partial charge is 0.481 e. The van der Waals surface area contributed by atoms with Crippen LogP contribution in [0.1, 0.15) is 39.5 Å². The molecule has 3 aliphatic carbocycles. The zero-order chi connectivity index (χ0) is 11.9. The summed E-state index contributed by atoms with van der Waals surface area (Å²) in [6.07, 6.45) is 3.58. The Balaban J connectivity index is 2.12. The second-order valence-electron chi connectivity index (χ2n) is 5.50. The lowest BCUT2D eigenvalue weighted by molar-refractivity contribution is -0.159. The lowest BCUT2D eigenvalue weighted by atomic mass is 9.55. The molecule has 4 unspecified atom stereocenters. The summed E-state index contributed by atoms with van der Waals surface area (Å²) in [4.78, 5) is 22.4. The topological polar surface area (TPSA) is 66.4 Å². The second-order valence-corrected chi connectivity index (χ2v) is 5.50. The van der Waals surface area contributed by atoms with Gasteiger partial charge < -0.3 is 10.4 Å². The molecule has 0 aromatic heterocycles. The molecule has 1 amide bonds. The third kappa shape index (κ3) is 1.70. The molecule has 2 N–H and O–H groups in total. The fraction of sp³-hybridized carbons (Fsp3) is 0.833. The summed E-state index contributed by atoms with van der Waals surface area (Å²) in [5, 5.41) is 12.3. The molecule has 3 saturated carbocycles. The van der Waals surface area contributed by atoms with Gasteiger partial charge in [0.25, 0.3) is 0 Å². The van der Waals surface area contributed by atoms with Crippen LogP contribution in [0.3, 0.4) is 0 Å². The molecule has 0 radical (unpaired) electrons. The van der Waals surface area contributed by atoms with Crippen LogP contribution in [0, 0.1) is 17.3 Å². The minimum atomic E-state index is -0.677. The number of carboxylic acids is 1. The SMILES string of the molecule is CC(=O)NC1CC2CCC1CC2(C)C(=O)O. The monoisotopic (exact) mass is 225 g/mol. The van der Waals surface area contributed by atoms with E-state index in [1.165, 1.54) is 6.92 Å². The van der Waals surface area contributed by atoms with Crippen LogP contribution in [0.4, 0.5) is 0 Å². The minimum absolute atomic E-state index is 0.00502. The maximum atomic E-state index is 11.3. The van der Waals surface area contributed by atoms with Gasteiger partial charge in [0.1, 0.15) is 0 Å². The predicted molar refractivity (Wildman–Crippen MR) is 58.8 cm³/mol. The number of fused-ring (bicyclic) bond motifs is 3. The van der Waals surface area contributed by atoms with Crippen molar-refractivity contribution in [3.63, 3.8) is 0 Å². The van der Waals surface area contributed by atoms with Gasteiger partial charge in [-0.2, -0.15) is 0 Å². The lowest BCUT2D eigenvalue weighted by Crippen LogP contribution is -2.55. The third-order valence-electron chi connectivity index (χ3n) is 4.46. The van der Waals surface area contributed by atoms with Crippen LogP contribution < -0.4 is 5.32 Å². The van der Waals surface area contributed by atoms with E-state index in [1.807, 2.05) is 6.92 Å². The zero-order valence-electron chi connectivity index (χ0n) is 9.82. The van der Waals surface area contributed by atoms with Gasteiger partial charge in [-0.3, -0.25) is 9.59 Å². The first-order valence-corrected chi connectivity index (χ1v) is 5.94. The number of hydrogen-bond donors (Lipinski definition) is 2. The highest BCUT2D eigenvalue weighted by molar-refractivity contribution is 5.76. The normalized spacial score (nSPS) is 41.8. The molecule has 0 saturated heterocycles. The van der Waals surface area contributed by atoms with Crippen molar-refractivity contribution in [1.29, 1.82) is 0 Å². The molecule has 4 heteroatoms. The number of carboxylic acid groups (broad SMARTS) is 1. The first-order valence-electron chi connectivity index (χ1n) is 5.94. The number of aliphatic carboxylic acids is 1. The molecule has 3 fully saturated rings. The third-order valence-corrected chi connectivity index (χ3v) is 4.46. The van der Waals surface area contributed by atoms with E-state index in [-0.39, 0.29) is 17.9 Å². The molecule has 2 bridgehead atoms. The van der Waals surface area contributed by atoms with Crippen LogP contribution in [0.2, 0.25) is 0 Å². The first kappa shape index (κ1) is 11.4. The molecule has 0 aromatic rings. The molecule has 16 heavy (non-hydrogen) atoms. The number of carbonyl (C=O) groups is 2. The fourth-order valence-corrected chi connectivity index (χ4v) is 3.47. The summed E-state index contributed by atoms with van der Waals surface area (Å²) in [6, 6.07) is 0.198. The van der Waals surface area contributed by atoms with Gasteiger partial charge in [-0.1, -0.05) is 0 Å². The summed E-state index contributed by atoms with van der Waals surface area (Å²) < 4.78 is 0. The van der Waals surface area contributed by atoms with Crippen molar-refractivity contribution in [2.75, 3.05) is 0 Å². The minimum Gasteiger partial charge on any atom is -0.481 e. The van der Waals surface area contributed by atoms with Crippen molar-refractivity contribution < 1.29 is 14.7 Å². The van der Waals surface area contributed by atoms with Gasteiger partial charge in [0.15, 0.2) is 0 Å². The van der Waals surface area contributed by atoms with E-state index in [1.54, 1.807) is 0 Å². The van der Waals surface area contributed by atoms with Crippen LogP contribution in [0.5, 0.6) is 0 Å². The van der Waals surface area contributed by atoms with E-state index in [0.717, 1.165) is 19.3 Å². The van der Waals surface area contributed by atoms with E-state index in [4.69, 9.17) is 0 Å². The second kappa shape index (κ2) is 3.75. The molecule has 90 valence electrons. The summed E-state index contributed by atoms with van der Waals surface area (Å²) in [5.41, 5.74) is -0.572. The Labute approximate surface area is 95.4 Å². The van der Waals surface area contributed by atoms with E-state index in [0.29, 0.717) is 12.3 Å². The van der Waals surface area contributed by atoms with Gasteiger partial charge in [-0.25, -0.2) is 0 Å². The summed E-state index contributed by atoms with van der Waals surface area (Å²) in [6.45, 7) is 3.38. The fourth-order valence-electron chi connectivity index (χ4n) is 3.47. The highest BCUT2D eigenvalue weighted by Crippen LogP contribution is 2.52. The highest BCUT2D eigenvalue weighted by Gasteiger charge is 2.52. The molecule has 0 aliphatic heterocycles. The first-order chi connectivity index (χ1) is 7.43. The molecule has 0 heterocycles. The van der Waals surface area contributed by atoms with Gasteiger partial charge in [0.2, 0.25) is 5.91 Å². The quantitative estimate of drug-likeness (QED) is 0.746. The number of nitrogens with one attached hydrogen (secondary N) is 1. The summed E-state index contributed by atoms with van der Waals surface area (Å²) >= 11 is 0. The molecular weight excluding hydrogens is 206 g/mol. The van der Waals surface area contributed by atoms with Crippen molar-refractivity contribution in [1.82, 2.24) is 5.32 Å². The van der Waals surface area contributed by atoms with Gasteiger partial charge in [0.05, 0.1) is 5.41 Å². The van der Waals surface area contributed by atoms with Crippen molar-refractivity contribution in [2.45, 2.75) is 45.6 Å². The van der Waals surface area contributed by atoms with Crippen LogP contribution >= 0.6 is 0 Å². The van der Waals surface area contributed by atoms with Crippen LogP contribution in [-0.2, 0) is 9.59 Å². The van der Waals surface area contributed by atoms with Crippen LogP contribution in [0.25, 0.3) is 0 Å². The molecule has 0 spiro atoms. The predicted octanol–water partition coefficient (Wildman–Crippen LogP) is 1.40. The summed E-state index contributed by atoms with van der Waals surface area (Å²) in [7, 11) is 0. The molecule has 4 nitrogen and oxygen atoms in total. The van der Waals surface area contributed by atoms with Crippen LogP contribution in [0.15, 0.2) is 0 Å².